The van der Waals surface area contributed by atoms with Crippen molar-refractivity contribution in [1.29, 1.82) is 5.26 Å². The average Bonchev–Trinajstić information content (AvgIpc) is 2.44. The van der Waals surface area contributed by atoms with Crippen molar-refractivity contribution in [2.75, 3.05) is 6.61 Å². The molecule has 1 N–H and O–H groups in total. The van der Waals surface area contributed by atoms with Crippen molar-refractivity contribution < 1.29 is 4.74 Å². The minimum atomic E-state index is -0.710. The second kappa shape index (κ2) is 5.89. The van der Waals surface area contributed by atoms with E-state index >= 15 is 0 Å². The minimum absolute atomic E-state index is 0.220. The molecule has 0 spiro atoms. The lowest BCUT2D eigenvalue weighted by Gasteiger charge is -2.26. The second-order valence-electron chi connectivity index (χ2n) is 5.36. The van der Waals surface area contributed by atoms with Gasteiger partial charge in [0.05, 0.1) is 11.6 Å². The fourth-order valence-electron chi connectivity index (χ4n) is 2.17. The number of hydrogen-bond donors (Lipinski definition) is 1. The smallest absolute Gasteiger partial charge is 0.138 e. The number of benzene rings is 1. The largest absolute Gasteiger partial charge is 0.490 e. The summed E-state index contributed by atoms with van der Waals surface area (Å²) in [6.45, 7) is 6.15. The number of nitriles is 1. The third-order valence-corrected chi connectivity index (χ3v) is 2.98. The van der Waals surface area contributed by atoms with Gasteiger partial charge in [0, 0.05) is 17.6 Å². The highest BCUT2D eigenvalue weighted by atomic mass is 16.5. The Morgan fingerprint density at radius 2 is 2.15 bits per heavy atom. The molecule has 0 saturated heterocycles. The molecule has 0 bridgehead atoms. The Labute approximate surface area is 119 Å². The quantitative estimate of drug-likeness (QED) is 0.906. The summed E-state index contributed by atoms with van der Waals surface area (Å²) in [5, 5.41) is 13.5. The van der Waals surface area contributed by atoms with Crippen molar-refractivity contribution >= 4 is 10.9 Å². The molecule has 0 fully saturated rings. The molecule has 0 radical (unpaired) electrons. The summed E-state index contributed by atoms with van der Waals surface area (Å²) >= 11 is 0. The Kier molecular flexibility index (Phi) is 4.21. The topological polar surface area (TPSA) is 57.9 Å². The molecule has 0 amide bonds. The molecule has 2 rings (SSSR count). The lowest BCUT2D eigenvalue weighted by atomic mass is 10.1. The molecule has 4 nitrogen and oxygen atoms in total. The second-order valence-corrected chi connectivity index (χ2v) is 5.36. The van der Waals surface area contributed by atoms with Crippen LogP contribution in [0, 0.1) is 11.3 Å². The highest BCUT2D eigenvalue weighted by Crippen LogP contribution is 2.24. The van der Waals surface area contributed by atoms with Crippen molar-refractivity contribution in [3.8, 4) is 11.8 Å². The van der Waals surface area contributed by atoms with Gasteiger partial charge in [-0.3, -0.25) is 10.3 Å². The van der Waals surface area contributed by atoms with Crippen LogP contribution in [0.4, 0.5) is 0 Å². The molecule has 104 valence electrons. The predicted octanol–water partition coefficient (Wildman–Crippen LogP) is 2.89. The standard InChI is InChI=1S/C16H19N3O/c1-12(2)19-16(3,10-17)11-20-15-8-4-7-14-13(15)6-5-9-18-14/h4-9,12,19H,11H2,1-3H3. The van der Waals surface area contributed by atoms with Crippen LogP contribution in [0.1, 0.15) is 20.8 Å². The van der Waals surface area contributed by atoms with E-state index in [-0.39, 0.29) is 12.6 Å². The highest BCUT2D eigenvalue weighted by molar-refractivity contribution is 5.84. The molecule has 1 heterocycles. The van der Waals surface area contributed by atoms with Gasteiger partial charge in [0.25, 0.3) is 0 Å². The number of nitrogens with zero attached hydrogens (tertiary/aromatic N) is 2. The maximum atomic E-state index is 9.32. The first-order chi connectivity index (χ1) is 9.54. The van der Waals surface area contributed by atoms with E-state index in [1.54, 1.807) is 6.20 Å². The Balaban J connectivity index is 2.19. The monoisotopic (exact) mass is 269 g/mol. The Morgan fingerprint density at radius 1 is 1.35 bits per heavy atom. The zero-order valence-electron chi connectivity index (χ0n) is 12.1. The van der Waals surface area contributed by atoms with Gasteiger partial charge in [-0.15, -0.1) is 0 Å². The van der Waals surface area contributed by atoms with Gasteiger partial charge in [0.1, 0.15) is 17.9 Å². The van der Waals surface area contributed by atoms with Crippen molar-refractivity contribution in [2.24, 2.45) is 0 Å². The molecule has 1 atom stereocenters. The van der Waals surface area contributed by atoms with Gasteiger partial charge in [-0.2, -0.15) is 5.26 Å². The van der Waals surface area contributed by atoms with E-state index in [4.69, 9.17) is 4.74 Å². The molecule has 0 aliphatic carbocycles. The summed E-state index contributed by atoms with van der Waals surface area (Å²) in [6.07, 6.45) is 1.76. The number of hydrogen-bond acceptors (Lipinski definition) is 4. The number of ether oxygens (including phenoxy) is 1. The van der Waals surface area contributed by atoms with Crippen molar-refractivity contribution in [3.63, 3.8) is 0 Å². The van der Waals surface area contributed by atoms with Gasteiger partial charge < -0.3 is 4.74 Å². The average molecular weight is 269 g/mol. The van der Waals surface area contributed by atoms with Gasteiger partial charge in [-0.25, -0.2) is 0 Å². The first-order valence-electron chi connectivity index (χ1n) is 6.69. The molecule has 1 unspecified atom stereocenters. The van der Waals surface area contributed by atoms with E-state index in [0.717, 1.165) is 16.7 Å². The normalized spacial score (nSPS) is 13.9. The van der Waals surface area contributed by atoms with E-state index in [0.29, 0.717) is 0 Å². The zero-order valence-corrected chi connectivity index (χ0v) is 12.1. The van der Waals surface area contributed by atoms with Crippen molar-refractivity contribution in [3.05, 3.63) is 36.5 Å². The molecule has 0 aliphatic rings. The van der Waals surface area contributed by atoms with Crippen LogP contribution in [0.5, 0.6) is 5.75 Å². The molecular formula is C16H19N3O. The van der Waals surface area contributed by atoms with Crippen molar-refractivity contribution in [2.45, 2.75) is 32.4 Å². The summed E-state index contributed by atoms with van der Waals surface area (Å²) in [7, 11) is 0. The number of fused-ring (bicyclic) bond motifs is 1. The molecule has 1 aromatic carbocycles. The SMILES string of the molecule is CC(C)NC(C)(C#N)COc1cccc2ncccc12. The van der Waals surface area contributed by atoms with E-state index in [1.807, 2.05) is 51.1 Å². The zero-order chi connectivity index (χ0) is 14.6. The highest BCUT2D eigenvalue weighted by Gasteiger charge is 2.25. The Morgan fingerprint density at radius 3 is 2.85 bits per heavy atom. The summed E-state index contributed by atoms with van der Waals surface area (Å²) in [5.74, 6) is 0.752. The van der Waals surface area contributed by atoms with Crippen LogP contribution in [0.3, 0.4) is 0 Å². The van der Waals surface area contributed by atoms with E-state index in [2.05, 4.69) is 16.4 Å². The molecule has 0 saturated carbocycles. The first-order valence-corrected chi connectivity index (χ1v) is 6.69. The molecule has 2 aromatic rings. The molecule has 0 aliphatic heterocycles. The van der Waals surface area contributed by atoms with Crippen LogP contribution < -0.4 is 10.1 Å². The Bertz CT molecular complexity index is 628. The van der Waals surface area contributed by atoms with Gasteiger partial charge in [0.2, 0.25) is 0 Å². The van der Waals surface area contributed by atoms with Gasteiger partial charge in [0.15, 0.2) is 0 Å². The lowest BCUT2D eigenvalue weighted by Crippen LogP contribution is -2.49. The number of rotatable bonds is 5. The van der Waals surface area contributed by atoms with Crippen LogP contribution in [0.2, 0.25) is 0 Å². The van der Waals surface area contributed by atoms with Crippen molar-refractivity contribution in [1.82, 2.24) is 10.3 Å². The lowest BCUT2D eigenvalue weighted by molar-refractivity contribution is 0.227. The minimum Gasteiger partial charge on any atom is -0.490 e. The van der Waals surface area contributed by atoms with Crippen LogP contribution in [0.25, 0.3) is 10.9 Å². The van der Waals surface area contributed by atoms with Gasteiger partial charge in [-0.1, -0.05) is 6.07 Å². The van der Waals surface area contributed by atoms with Gasteiger partial charge in [-0.05, 0) is 45.0 Å². The summed E-state index contributed by atoms with van der Waals surface area (Å²) in [5.41, 5.74) is 0.180. The maximum Gasteiger partial charge on any atom is 0.138 e. The molecule has 20 heavy (non-hydrogen) atoms. The van der Waals surface area contributed by atoms with E-state index < -0.39 is 5.54 Å². The number of nitrogens with one attached hydrogen (secondary N) is 1. The number of pyridine rings is 1. The van der Waals surface area contributed by atoms with Crippen LogP contribution in [-0.4, -0.2) is 23.2 Å². The summed E-state index contributed by atoms with van der Waals surface area (Å²) in [4.78, 5) is 4.29. The molecule has 1 aromatic heterocycles. The number of aromatic nitrogens is 1. The van der Waals surface area contributed by atoms with E-state index in [9.17, 15) is 5.26 Å². The van der Waals surface area contributed by atoms with Crippen LogP contribution >= 0.6 is 0 Å². The fraction of sp³-hybridized carbons (Fsp3) is 0.375. The first kappa shape index (κ1) is 14.3. The molecular weight excluding hydrogens is 250 g/mol. The third kappa shape index (κ3) is 3.25. The van der Waals surface area contributed by atoms with E-state index in [1.165, 1.54) is 0 Å². The Hall–Kier alpha value is -2.12. The molecule has 4 heteroatoms. The fourth-order valence-corrected chi connectivity index (χ4v) is 2.17. The van der Waals surface area contributed by atoms with Crippen LogP contribution in [-0.2, 0) is 0 Å². The van der Waals surface area contributed by atoms with Crippen LogP contribution in [0.15, 0.2) is 36.5 Å². The maximum absolute atomic E-state index is 9.32. The van der Waals surface area contributed by atoms with Gasteiger partial charge >= 0.3 is 0 Å². The third-order valence-electron chi connectivity index (χ3n) is 2.98. The predicted molar refractivity (Wildman–Crippen MR) is 79.5 cm³/mol. The summed E-state index contributed by atoms with van der Waals surface area (Å²) in [6, 6.07) is 12.1. The summed E-state index contributed by atoms with van der Waals surface area (Å²) < 4.78 is 5.85.